The van der Waals surface area contributed by atoms with E-state index in [0.29, 0.717) is 0 Å². The Morgan fingerprint density at radius 2 is 0.783 bits per heavy atom. The zero-order chi connectivity index (χ0) is 40.3. The first-order valence-corrected chi connectivity index (χ1v) is 21.3. The molecular formula is C60H44. The zero-order valence-electron chi connectivity index (χ0n) is 34.5. The fourth-order valence-electron chi connectivity index (χ4n) is 11.1. The van der Waals surface area contributed by atoms with Gasteiger partial charge in [-0.05, 0) is 140 Å². The van der Waals surface area contributed by atoms with Crippen molar-refractivity contribution < 1.29 is 0 Å². The summed E-state index contributed by atoms with van der Waals surface area (Å²) < 4.78 is 0. The molecule has 0 saturated heterocycles. The highest BCUT2D eigenvalue weighted by Crippen LogP contribution is 2.56. The third-order valence-corrected chi connectivity index (χ3v) is 14.1. The van der Waals surface area contributed by atoms with Gasteiger partial charge in [-0.2, -0.15) is 0 Å². The molecule has 0 N–H and O–H groups in total. The summed E-state index contributed by atoms with van der Waals surface area (Å²) >= 11 is 0. The van der Waals surface area contributed by atoms with Gasteiger partial charge in [0.25, 0.3) is 0 Å². The van der Waals surface area contributed by atoms with E-state index < -0.39 is 0 Å². The molecule has 0 radical (unpaired) electrons. The largest absolute Gasteiger partial charge is 0.0622 e. The van der Waals surface area contributed by atoms with Crippen molar-refractivity contribution in [3.05, 3.63) is 216 Å². The fourth-order valence-corrected chi connectivity index (χ4v) is 11.1. The van der Waals surface area contributed by atoms with E-state index >= 15 is 0 Å². The summed E-state index contributed by atoms with van der Waals surface area (Å²) in [6, 6.07) is 73.1. The maximum absolute atomic E-state index is 2.51. The standard InChI is InChI=1S/C60H44/c1-59(2)52-26-13-12-23-49(52)58-50(25-15-27-53(58)59)57-47-22-11-10-21-46(47)56(48-33-28-39(34-51(48)57)37-16-6-5-7-17-37)41-30-32-45-44-31-29-40(35-54(44)60(3,4)55(45)36-41)43-24-14-19-38-18-8-9-20-42(38)43/h5-36H,1-4H3. The van der Waals surface area contributed by atoms with Crippen LogP contribution in [0.25, 0.3) is 99.1 Å². The molecule has 10 aromatic carbocycles. The lowest BCUT2D eigenvalue weighted by Crippen LogP contribution is -2.15. The summed E-state index contributed by atoms with van der Waals surface area (Å²) in [4.78, 5) is 0. The van der Waals surface area contributed by atoms with Crippen LogP contribution in [-0.4, -0.2) is 0 Å². The second-order valence-corrected chi connectivity index (χ2v) is 18.0. The molecule has 12 rings (SSSR count). The zero-order valence-corrected chi connectivity index (χ0v) is 34.5. The molecule has 0 nitrogen and oxygen atoms in total. The van der Waals surface area contributed by atoms with Crippen LogP contribution in [0.1, 0.15) is 49.9 Å². The highest BCUT2D eigenvalue weighted by atomic mass is 14.4. The lowest BCUT2D eigenvalue weighted by molar-refractivity contribution is 0.660. The van der Waals surface area contributed by atoms with Gasteiger partial charge in [0.05, 0.1) is 0 Å². The van der Waals surface area contributed by atoms with Crippen LogP contribution in [0, 0.1) is 0 Å². The molecule has 60 heavy (non-hydrogen) atoms. The van der Waals surface area contributed by atoms with Crippen molar-refractivity contribution >= 4 is 32.3 Å². The Hall–Kier alpha value is -7.02. The van der Waals surface area contributed by atoms with Crippen LogP contribution in [-0.2, 0) is 10.8 Å². The van der Waals surface area contributed by atoms with E-state index in [-0.39, 0.29) is 10.8 Å². The molecule has 0 atom stereocenters. The first kappa shape index (κ1) is 35.0. The van der Waals surface area contributed by atoms with Crippen LogP contribution in [0.15, 0.2) is 194 Å². The van der Waals surface area contributed by atoms with Crippen molar-refractivity contribution in [3.8, 4) is 66.8 Å². The molecule has 0 bridgehead atoms. The Kier molecular flexibility index (Phi) is 7.42. The van der Waals surface area contributed by atoms with Crippen LogP contribution in [0.3, 0.4) is 0 Å². The maximum atomic E-state index is 2.51. The summed E-state index contributed by atoms with van der Waals surface area (Å²) in [5.41, 5.74) is 20.8. The first-order valence-electron chi connectivity index (χ1n) is 21.3. The second-order valence-electron chi connectivity index (χ2n) is 18.0. The number of hydrogen-bond donors (Lipinski definition) is 0. The van der Waals surface area contributed by atoms with Gasteiger partial charge in [0.2, 0.25) is 0 Å². The van der Waals surface area contributed by atoms with Gasteiger partial charge in [0, 0.05) is 10.8 Å². The van der Waals surface area contributed by atoms with Gasteiger partial charge >= 0.3 is 0 Å². The van der Waals surface area contributed by atoms with E-state index in [1.165, 1.54) is 121 Å². The molecule has 284 valence electrons. The van der Waals surface area contributed by atoms with Gasteiger partial charge in [0.15, 0.2) is 0 Å². The van der Waals surface area contributed by atoms with Crippen molar-refractivity contribution in [1.82, 2.24) is 0 Å². The quantitative estimate of drug-likeness (QED) is 0.157. The molecule has 0 fully saturated rings. The molecule has 2 aliphatic rings. The Labute approximate surface area is 352 Å². The Morgan fingerprint density at radius 3 is 1.58 bits per heavy atom. The van der Waals surface area contributed by atoms with Crippen molar-refractivity contribution in [2.24, 2.45) is 0 Å². The molecule has 0 heteroatoms. The van der Waals surface area contributed by atoms with Gasteiger partial charge in [-0.15, -0.1) is 0 Å². The lowest BCUT2D eigenvalue weighted by Gasteiger charge is -2.24. The van der Waals surface area contributed by atoms with Crippen LogP contribution in [0.5, 0.6) is 0 Å². The van der Waals surface area contributed by atoms with Crippen molar-refractivity contribution in [3.63, 3.8) is 0 Å². The first-order chi connectivity index (χ1) is 29.3. The van der Waals surface area contributed by atoms with Crippen LogP contribution >= 0.6 is 0 Å². The molecule has 0 amide bonds. The smallest absolute Gasteiger partial charge is 0.0159 e. The molecule has 0 heterocycles. The molecule has 10 aromatic rings. The molecule has 0 spiro atoms. The number of benzene rings is 10. The Bertz CT molecular complexity index is 3410. The average molecular weight is 765 g/mol. The molecule has 2 aliphatic carbocycles. The molecule has 0 aromatic heterocycles. The minimum atomic E-state index is -0.182. The monoisotopic (exact) mass is 764 g/mol. The minimum Gasteiger partial charge on any atom is -0.0622 e. The van der Waals surface area contributed by atoms with E-state index in [4.69, 9.17) is 0 Å². The molecule has 0 unspecified atom stereocenters. The highest BCUT2D eigenvalue weighted by molar-refractivity contribution is 6.23. The summed E-state index contributed by atoms with van der Waals surface area (Å²) in [7, 11) is 0. The third kappa shape index (κ3) is 4.91. The van der Waals surface area contributed by atoms with Crippen LogP contribution in [0.4, 0.5) is 0 Å². The fraction of sp³-hybridized carbons (Fsp3) is 0.100. The van der Waals surface area contributed by atoms with E-state index in [9.17, 15) is 0 Å². The molecule has 0 aliphatic heterocycles. The van der Waals surface area contributed by atoms with Crippen molar-refractivity contribution in [1.29, 1.82) is 0 Å². The summed E-state index contributed by atoms with van der Waals surface area (Å²) in [6.07, 6.45) is 0. The Balaban J connectivity index is 1.10. The van der Waals surface area contributed by atoms with Crippen LogP contribution < -0.4 is 0 Å². The third-order valence-electron chi connectivity index (χ3n) is 14.1. The van der Waals surface area contributed by atoms with E-state index in [1.54, 1.807) is 0 Å². The maximum Gasteiger partial charge on any atom is 0.0159 e. The number of fused-ring (bicyclic) bond motifs is 9. The van der Waals surface area contributed by atoms with Crippen molar-refractivity contribution in [2.75, 3.05) is 0 Å². The SMILES string of the molecule is CC1(C)c2cc(-c3cccc4ccccc34)ccc2-c2ccc(-c3c4ccccc4c(-c4cccc5c4-c4ccccc4C5(C)C)c4cc(-c5ccccc5)ccc34)cc21. The average Bonchev–Trinajstić information content (AvgIpc) is 3.67. The Morgan fingerprint density at radius 1 is 0.250 bits per heavy atom. The van der Waals surface area contributed by atoms with Gasteiger partial charge in [-0.25, -0.2) is 0 Å². The van der Waals surface area contributed by atoms with E-state index in [1.807, 2.05) is 0 Å². The molecular weight excluding hydrogens is 721 g/mol. The minimum absolute atomic E-state index is 0.0901. The molecule has 0 saturated carbocycles. The topological polar surface area (TPSA) is 0 Å². The van der Waals surface area contributed by atoms with Crippen LogP contribution in [0.2, 0.25) is 0 Å². The van der Waals surface area contributed by atoms with E-state index in [0.717, 1.165) is 0 Å². The van der Waals surface area contributed by atoms with Gasteiger partial charge in [0.1, 0.15) is 0 Å². The second kappa shape index (κ2) is 12.7. The normalized spacial score (nSPS) is 14.3. The number of rotatable bonds is 4. The predicted molar refractivity (Wildman–Crippen MR) is 256 cm³/mol. The van der Waals surface area contributed by atoms with E-state index in [2.05, 4.69) is 222 Å². The van der Waals surface area contributed by atoms with Gasteiger partial charge in [-0.1, -0.05) is 204 Å². The lowest BCUT2D eigenvalue weighted by atomic mass is 9.79. The summed E-state index contributed by atoms with van der Waals surface area (Å²) in [6.45, 7) is 9.59. The van der Waals surface area contributed by atoms with Gasteiger partial charge in [-0.3, -0.25) is 0 Å². The summed E-state index contributed by atoms with van der Waals surface area (Å²) in [5.74, 6) is 0. The predicted octanol–water partition coefficient (Wildman–Crippen LogP) is 16.4. The van der Waals surface area contributed by atoms with Gasteiger partial charge < -0.3 is 0 Å². The number of hydrogen-bond acceptors (Lipinski definition) is 0. The highest BCUT2D eigenvalue weighted by Gasteiger charge is 2.38. The van der Waals surface area contributed by atoms with Crippen molar-refractivity contribution in [2.45, 2.75) is 38.5 Å². The summed E-state index contributed by atoms with van der Waals surface area (Å²) in [5, 5.41) is 7.68.